The van der Waals surface area contributed by atoms with Gasteiger partial charge in [-0.1, -0.05) is 26.2 Å². The molecule has 0 aromatic heterocycles. The lowest BCUT2D eigenvalue weighted by atomic mass is 10.1. The normalized spacial score (nSPS) is 14.5. The lowest BCUT2D eigenvalue weighted by Crippen LogP contribution is -2.50. The van der Waals surface area contributed by atoms with Crippen molar-refractivity contribution in [1.82, 2.24) is 0 Å². The van der Waals surface area contributed by atoms with Gasteiger partial charge in [0.15, 0.2) is 6.10 Å². The smallest absolute Gasteiger partial charge is 0.230 e. The van der Waals surface area contributed by atoms with Crippen LogP contribution in [0.5, 0.6) is 0 Å². The van der Waals surface area contributed by atoms with Crippen LogP contribution in [-0.2, 0) is 29.3 Å². The predicted molar refractivity (Wildman–Crippen MR) is 110 cm³/mol. The van der Waals surface area contributed by atoms with E-state index >= 15 is 0 Å². The summed E-state index contributed by atoms with van der Waals surface area (Å²) in [5, 5.41) is 0. The molecule has 0 aliphatic rings. The second kappa shape index (κ2) is 11.5. The summed E-state index contributed by atoms with van der Waals surface area (Å²) in [5.41, 5.74) is -1.67. The monoisotopic (exact) mass is 402 g/mol. The van der Waals surface area contributed by atoms with Gasteiger partial charge >= 0.3 is 5.79 Å². The fourth-order valence-electron chi connectivity index (χ4n) is 1.67. The molecule has 0 saturated heterocycles. The summed E-state index contributed by atoms with van der Waals surface area (Å²) in [5.74, 6) is 4.56. The molecule has 0 aliphatic carbocycles. The number of hydrogen-bond acceptors (Lipinski definition) is 6. The first-order valence-electron chi connectivity index (χ1n) is 10.2. The number of unbranched alkanes of at least 4 members (excludes halogenated alkanes) is 2. The fraction of sp³-hybridized carbons (Fsp3) is 0.909. The van der Waals surface area contributed by atoms with Crippen molar-refractivity contribution in [2.24, 2.45) is 0 Å². The molecule has 0 fully saturated rings. The third-order valence-corrected chi connectivity index (χ3v) is 2.96. The van der Waals surface area contributed by atoms with Gasteiger partial charge in [0, 0.05) is 6.42 Å². The van der Waals surface area contributed by atoms with Crippen molar-refractivity contribution >= 4 is 0 Å². The average Bonchev–Trinajstić information content (AvgIpc) is 2.52. The Hall–Kier alpha value is -0.680. The van der Waals surface area contributed by atoms with Gasteiger partial charge < -0.3 is 0 Å². The fourth-order valence-corrected chi connectivity index (χ4v) is 1.67. The predicted octanol–water partition coefficient (Wildman–Crippen LogP) is 5.90. The van der Waals surface area contributed by atoms with Gasteiger partial charge in [-0.25, -0.2) is 19.6 Å². The molecule has 1 atom stereocenters. The molecule has 0 aromatic rings. The molecule has 0 heterocycles. The van der Waals surface area contributed by atoms with Crippen LogP contribution in [0.25, 0.3) is 0 Å². The Morgan fingerprint density at radius 2 is 1.14 bits per heavy atom. The summed E-state index contributed by atoms with van der Waals surface area (Å²) >= 11 is 0. The Labute approximate surface area is 172 Å². The quantitative estimate of drug-likeness (QED) is 0.149. The molecule has 1 unspecified atom stereocenters. The van der Waals surface area contributed by atoms with E-state index in [-0.39, 0.29) is 0 Å². The molecule has 0 aliphatic heterocycles. The molecule has 6 heteroatoms. The second-order valence-corrected chi connectivity index (χ2v) is 9.82. The summed E-state index contributed by atoms with van der Waals surface area (Å²) in [7, 11) is 0. The average molecular weight is 403 g/mol. The van der Waals surface area contributed by atoms with Crippen LogP contribution in [0.3, 0.4) is 0 Å². The van der Waals surface area contributed by atoms with E-state index in [4.69, 9.17) is 29.3 Å². The molecule has 28 heavy (non-hydrogen) atoms. The van der Waals surface area contributed by atoms with Gasteiger partial charge in [0.1, 0.15) is 0 Å². The van der Waals surface area contributed by atoms with E-state index in [0.29, 0.717) is 12.8 Å². The molecule has 0 radical (unpaired) electrons. The lowest BCUT2D eigenvalue weighted by molar-refractivity contribution is -0.554. The van der Waals surface area contributed by atoms with E-state index in [0.717, 1.165) is 12.8 Å². The maximum atomic E-state index is 5.76. The number of rotatable bonds is 10. The summed E-state index contributed by atoms with van der Waals surface area (Å²) in [6.07, 6.45) is 2.51. The molecule has 0 aromatic carbocycles. The van der Waals surface area contributed by atoms with Gasteiger partial charge in [0.25, 0.3) is 0 Å². The van der Waals surface area contributed by atoms with Crippen molar-refractivity contribution in [2.75, 3.05) is 0 Å². The van der Waals surface area contributed by atoms with Crippen LogP contribution < -0.4 is 0 Å². The lowest BCUT2D eigenvalue weighted by Gasteiger charge is -2.36. The Morgan fingerprint density at radius 3 is 1.50 bits per heavy atom. The Bertz CT molecular complexity index is 466. The SMILES string of the molecule is CCCCC#CC(OOC(C)(C)C)(OOC(C)(C)C)C(CC)OOC(C)(C)C. The zero-order valence-corrected chi connectivity index (χ0v) is 19.9. The Kier molecular flexibility index (Phi) is 11.2. The van der Waals surface area contributed by atoms with Crippen molar-refractivity contribution in [3.05, 3.63) is 0 Å². The van der Waals surface area contributed by atoms with Crippen LogP contribution in [0, 0.1) is 11.8 Å². The van der Waals surface area contributed by atoms with Crippen LogP contribution in [0.1, 0.15) is 102 Å². The molecule has 0 spiro atoms. The molecule has 0 N–H and O–H groups in total. The van der Waals surface area contributed by atoms with E-state index in [9.17, 15) is 0 Å². The second-order valence-electron chi connectivity index (χ2n) is 9.82. The van der Waals surface area contributed by atoms with E-state index in [1.807, 2.05) is 69.2 Å². The summed E-state index contributed by atoms with van der Waals surface area (Å²) in [6, 6.07) is 0. The molecule has 0 rings (SSSR count). The zero-order valence-electron chi connectivity index (χ0n) is 19.9. The van der Waals surface area contributed by atoms with Gasteiger partial charge in [-0.2, -0.15) is 9.78 Å². The van der Waals surface area contributed by atoms with Gasteiger partial charge in [-0.05, 0) is 81.1 Å². The van der Waals surface area contributed by atoms with Crippen LogP contribution in [-0.4, -0.2) is 28.7 Å². The standard InChI is InChI=1S/C22H42O6/c1-12-14-15-16-17-22(27-25-20(6,7)8,28-26-21(9,10)11)18(13-2)23-24-19(3,4)5/h18H,12-15H2,1-11H3. The molecule has 0 amide bonds. The van der Waals surface area contributed by atoms with E-state index in [1.54, 1.807) is 0 Å². The highest BCUT2D eigenvalue weighted by Crippen LogP contribution is 2.29. The minimum absolute atomic E-state index is 0.500. The molecule has 166 valence electrons. The van der Waals surface area contributed by atoms with Crippen LogP contribution in [0.2, 0.25) is 0 Å². The van der Waals surface area contributed by atoms with Crippen molar-refractivity contribution in [3.8, 4) is 11.8 Å². The molecule has 0 bridgehead atoms. The largest absolute Gasteiger partial charge is 0.322 e. The van der Waals surface area contributed by atoms with Crippen molar-refractivity contribution < 1.29 is 29.3 Å². The molecular formula is C22H42O6. The van der Waals surface area contributed by atoms with E-state index in [2.05, 4.69) is 18.8 Å². The first kappa shape index (κ1) is 27.3. The Balaban J connectivity index is 5.87. The first-order chi connectivity index (χ1) is 12.6. The zero-order chi connectivity index (χ0) is 22.1. The van der Waals surface area contributed by atoms with Gasteiger partial charge in [0.2, 0.25) is 0 Å². The topological polar surface area (TPSA) is 55.4 Å². The molecule has 6 nitrogen and oxygen atoms in total. The van der Waals surface area contributed by atoms with Crippen LogP contribution in [0.15, 0.2) is 0 Å². The summed E-state index contributed by atoms with van der Waals surface area (Å²) in [4.78, 5) is 33.9. The molecular weight excluding hydrogens is 360 g/mol. The minimum atomic E-state index is -1.60. The summed E-state index contributed by atoms with van der Waals surface area (Å²) < 4.78 is 0. The highest BCUT2D eigenvalue weighted by molar-refractivity contribution is 5.13. The van der Waals surface area contributed by atoms with E-state index in [1.165, 1.54) is 0 Å². The molecule has 0 saturated carbocycles. The Morgan fingerprint density at radius 1 is 0.679 bits per heavy atom. The third-order valence-electron chi connectivity index (χ3n) is 2.96. The van der Waals surface area contributed by atoms with Gasteiger partial charge in [-0.3, -0.25) is 0 Å². The van der Waals surface area contributed by atoms with Crippen LogP contribution in [0.4, 0.5) is 0 Å². The third kappa shape index (κ3) is 12.7. The maximum Gasteiger partial charge on any atom is 0.322 e. The highest BCUT2D eigenvalue weighted by Gasteiger charge is 2.47. The maximum absolute atomic E-state index is 5.76. The number of hydrogen-bond donors (Lipinski definition) is 0. The summed E-state index contributed by atoms with van der Waals surface area (Å²) in [6.45, 7) is 21.0. The minimum Gasteiger partial charge on any atom is -0.230 e. The van der Waals surface area contributed by atoms with E-state index < -0.39 is 28.7 Å². The van der Waals surface area contributed by atoms with Gasteiger partial charge in [0.05, 0.1) is 16.8 Å². The van der Waals surface area contributed by atoms with Crippen molar-refractivity contribution in [2.45, 2.75) is 131 Å². The van der Waals surface area contributed by atoms with Crippen molar-refractivity contribution in [3.63, 3.8) is 0 Å². The van der Waals surface area contributed by atoms with Gasteiger partial charge in [-0.15, -0.1) is 0 Å². The first-order valence-corrected chi connectivity index (χ1v) is 10.2. The van der Waals surface area contributed by atoms with Crippen molar-refractivity contribution in [1.29, 1.82) is 0 Å². The van der Waals surface area contributed by atoms with Crippen LogP contribution >= 0.6 is 0 Å². The highest BCUT2D eigenvalue weighted by atomic mass is 17.3.